The maximum atomic E-state index is 14.2. The van der Waals surface area contributed by atoms with Gasteiger partial charge in [0.25, 0.3) is 10.0 Å². The largest absolute Gasteiger partial charge is 0.352 e. The lowest BCUT2D eigenvalue weighted by Gasteiger charge is -2.34. The number of carbonyl (C=O) groups is 2. The van der Waals surface area contributed by atoms with Crippen molar-refractivity contribution in [2.75, 3.05) is 10.8 Å². The molecule has 8 heteroatoms. The minimum atomic E-state index is -4.07. The molecule has 3 aromatic carbocycles. The summed E-state index contributed by atoms with van der Waals surface area (Å²) < 4.78 is 29.0. The van der Waals surface area contributed by atoms with E-state index < -0.39 is 28.5 Å². The third-order valence-electron chi connectivity index (χ3n) is 7.71. The quantitative estimate of drug-likeness (QED) is 0.315. The lowest BCUT2D eigenvalue weighted by Crippen LogP contribution is -2.54. The van der Waals surface area contributed by atoms with Gasteiger partial charge < -0.3 is 10.2 Å². The second-order valence-electron chi connectivity index (χ2n) is 10.9. The predicted molar refractivity (Wildman–Crippen MR) is 163 cm³/mol. The standard InChI is InChI=1S/C33H41N3O4S/c1-4-31(33(38)34-28-13-7-5-8-14-28)35(23-27-20-18-25(2)19-21-27)32(37)24-36(29-15-11-12-26(3)22-29)41(39,40)30-16-9-6-10-17-30/h6,9-12,15-22,28,31H,4-5,7-8,13-14,23-24H2,1-3H3,(H,34,38)/t31-/m0/s1. The van der Waals surface area contributed by atoms with E-state index in [2.05, 4.69) is 5.32 Å². The first-order valence-corrected chi connectivity index (χ1v) is 15.9. The van der Waals surface area contributed by atoms with Crippen molar-refractivity contribution in [3.63, 3.8) is 0 Å². The summed E-state index contributed by atoms with van der Waals surface area (Å²) in [4.78, 5) is 29.5. The van der Waals surface area contributed by atoms with Gasteiger partial charge in [-0.25, -0.2) is 8.42 Å². The second kappa shape index (κ2) is 13.8. The van der Waals surface area contributed by atoms with Gasteiger partial charge >= 0.3 is 0 Å². The Balaban J connectivity index is 1.69. The third kappa shape index (κ3) is 7.76. The van der Waals surface area contributed by atoms with Crippen molar-refractivity contribution >= 4 is 27.5 Å². The highest BCUT2D eigenvalue weighted by molar-refractivity contribution is 7.92. The molecule has 7 nitrogen and oxygen atoms in total. The summed E-state index contributed by atoms with van der Waals surface area (Å²) in [5.74, 6) is -0.620. The van der Waals surface area contributed by atoms with E-state index in [0.29, 0.717) is 12.1 Å². The van der Waals surface area contributed by atoms with Crippen LogP contribution in [-0.2, 0) is 26.2 Å². The minimum Gasteiger partial charge on any atom is -0.352 e. The van der Waals surface area contributed by atoms with Crippen LogP contribution in [0, 0.1) is 13.8 Å². The van der Waals surface area contributed by atoms with Gasteiger partial charge in [0.1, 0.15) is 12.6 Å². The molecule has 41 heavy (non-hydrogen) atoms. The Labute approximate surface area is 244 Å². The zero-order valence-electron chi connectivity index (χ0n) is 24.3. The van der Waals surface area contributed by atoms with E-state index in [4.69, 9.17) is 0 Å². The van der Waals surface area contributed by atoms with Crippen molar-refractivity contribution < 1.29 is 18.0 Å². The van der Waals surface area contributed by atoms with Crippen molar-refractivity contribution in [1.29, 1.82) is 0 Å². The fourth-order valence-electron chi connectivity index (χ4n) is 5.39. The van der Waals surface area contributed by atoms with Gasteiger partial charge in [-0.2, -0.15) is 0 Å². The van der Waals surface area contributed by atoms with Crippen LogP contribution in [0.3, 0.4) is 0 Å². The molecule has 3 aromatic rings. The molecule has 0 heterocycles. The van der Waals surface area contributed by atoms with Crippen LogP contribution in [0.25, 0.3) is 0 Å². The highest BCUT2D eigenvalue weighted by atomic mass is 32.2. The number of carbonyl (C=O) groups excluding carboxylic acids is 2. The van der Waals surface area contributed by atoms with Crippen molar-refractivity contribution in [3.8, 4) is 0 Å². The predicted octanol–water partition coefficient (Wildman–Crippen LogP) is 5.76. The first-order chi connectivity index (χ1) is 19.7. The van der Waals surface area contributed by atoms with E-state index in [1.807, 2.05) is 51.1 Å². The SMILES string of the molecule is CC[C@@H](C(=O)NC1CCCCC1)N(Cc1ccc(C)cc1)C(=O)CN(c1cccc(C)c1)S(=O)(=O)c1ccccc1. The normalized spacial score (nSPS) is 14.7. The second-order valence-corrected chi connectivity index (χ2v) is 12.8. The van der Waals surface area contributed by atoms with E-state index in [1.165, 1.54) is 18.6 Å². The van der Waals surface area contributed by atoms with Crippen LogP contribution < -0.4 is 9.62 Å². The molecule has 0 unspecified atom stereocenters. The zero-order chi connectivity index (χ0) is 29.4. The first-order valence-electron chi connectivity index (χ1n) is 14.5. The van der Waals surface area contributed by atoms with Crippen LogP contribution in [0.5, 0.6) is 0 Å². The van der Waals surface area contributed by atoms with Gasteiger partial charge in [-0.15, -0.1) is 0 Å². The van der Waals surface area contributed by atoms with Gasteiger partial charge in [0.05, 0.1) is 10.6 Å². The van der Waals surface area contributed by atoms with E-state index >= 15 is 0 Å². The van der Waals surface area contributed by atoms with E-state index in [-0.39, 0.29) is 23.4 Å². The molecule has 0 radical (unpaired) electrons. The lowest BCUT2D eigenvalue weighted by molar-refractivity contribution is -0.140. The fourth-order valence-corrected chi connectivity index (χ4v) is 6.81. The van der Waals surface area contributed by atoms with Gasteiger partial charge in [0, 0.05) is 12.6 Å². The third-order valence-corrected chi connectivity index (χ3v) is 9.50. The fraction of sp³-hybridized carbons (Fsp3) is 0.394. The number of rotatable bonds is 11. The van der Waals surface area contributed by atoms with Crippen molar-refractivity contribution in [2.24, 2.45) is 0 Å². The minimum absolute atomic E-state index is 0.0986. The zero-order valence-corrected chi connectivity index (χ0v) is 25.1. The van der Waals surface area contributed by atoms with Crippen LogP contribution in [0.1, 0.15) is 62.1 Å². The van der Waals surface area contributed by atoms with Gasteiger partial charge in [-0.05, 0) is 68.5 Å². The molecule has 1 atom stereocenters. The number of hydrogen-bond acceptors (Lipinski definition) is 4. The Hall–Kier alpha value is -3.65. The molecule has 1 fully saturated rings. The molecule has 0 saturated heterocycles. The van der Waals surface area contributed by atoms with Crippen LogP contribution in [0.2, 0.25) is 0 Å². The maximum Gasteiger partial charge on any atom is 0.264 e. The van der Waals surface area contributed by atoms with E-state index in [9.17, 15) is 18.0 Å². The van der Waals surface area contributed by atoms with Crippen molar-refractivity contribution in [1.82, 2.24) is 10.2 Å². The molecule has 0 spiro atoms. The summed E-state index contributed by atoms with van der Waals surface area (Å²) in [5, 5.41) is 3.18. The highest BCUT2D eigenvalue weighted by Gasteiger charge is 2.34. The van der Waals surface area contributed by atoms with Gasteiger partial charge in [0.2, 0.25) is 11.8 Å². The molecule has 1 N–H and O–H groups in total. The molecule has 0 aromatic heterocycles. The maximum absolute atomic E-state index is 14.2. The monoisotopic (exact) mass is 575 g/mol. The average Bonchev–Trinajstić information content (AvgIpc) is 2.97. The van der Waals surface area contributed by atoms with Crippen LogP contribution in [0.4, 0.5) is 5.69 Å². The molecule has 1 aliphatic rings. The number of hydrogen-bond donors (Lipinski definition) is 1. The highest BCUT2D eigenvalue weighted by Crippen LogP contribution is 2.26. The Morgan fingerprint density at radius 3 is 2.20 bits per heavy atom. The van der Waals surface area contributed by atoms with Gasteiger partial charge in [-0.1, -0.05) is 86.3 Å². The summed E-state index contributed by atoms with van der Waals surface area (Å²) in [6, 6.07) is 22.4. The Kier molecular flexibility index (Phi) is 10.2. The Morgan fingerprint density at radius 1 is 0.878 bits per heavy atom. The van der Waals surface area contributed by atoms with E-state index in [1.54, 1.807) is 41.3 Å². The summed E-state index contributed by atoms with van der Waals surface area (Å²) in [6.07, 6.45) is 5.61. The Bertz CT molecular complexity index is 1420. The molecule has 4 rings (SSSR count). The van der Waals surface area contributed by atoms with Gasteiger partial charge in [-0.3, -0.25) is 13.9 Å². The van der Waals surface area contributed by atoms with Crippen LogP contribution in [-0.4, -0.2) is 43.8 Å². The number of anilines is 1. The molecule has 1 saturated carbocycles. The molecule has 0 aliphatic heterocycles. The number of aryl methyl sites for hydroxylation is 2. The molecular weight excluding hydrogens is 534 g/mol. The number of benzene rings is 3. The first kappa shape index (κ1) is 30.3. The van der Waals surface area contributed by atoms with Crippen molar-refractivity contribution in [2.45, 2.75) is 82.8 Å². The van der Waals surface area contributed by atoms with Crippen LogP contribution >= 0.6 is 0 Å². The number of nitrogens with zero attached hydrogens (tertiary/aromatic N) is 2. The summed E-state index contributed by atoms with van der Waals surface area (Å²) >= 11 is 0. The topological polar surface area (TPSA) is 86.8 Å². The molecule has 2 amide bonds. The van der Waals surface area contributed by atoms with Crippen molar-refractivity contribution in [3.05, 3.63) is 95.6 Å². The molecule has 1 aliphatic carbocycles. The number of amides is 2. The smallest absolute Gasteiger partial charge is 0.264 e. The van der Waals surface area contributed by atoms with Gasteiger partial charge in [0.15, 0.2) is 0 Å². The number of nitrogens with one attached hydrogen (secondary N) is 1. The summed E-state index contributed by atoms with van der Waals surface area (Å²) in [7, 11) is -4.07. The Morgan fingerprint density at radius 2 is 1.56 bits per heavy atom. The molecule has 0 bridgehead atoms. The summed E-state index contributed by atoms with van der Waals surface area (Å²) in [6.45, 7) is 5.53. The molecule has 218 valence electrons. The molecular formula is C33H41N3O4S. The lowest BCUT2D eigenvalue weighted by atomic mass is 9.95. The van der Waals surface area contributed by atoms with E-state index in [0.717, 1.165) is 46.7 Å². The number of sulfonamides is 1. The van der Waals surface area contributed by atoms with Crippen LogP contribution in [0.15, 0.2) is 83.8 Å². The average molecular weight is 576 g/mol. The summed E-state index contributed by atoms with van der Waals surface area (Å²) in [5.41, 5.74) is 3.24.